The average molecular weight is 220 g/mol. The van der Waals surface area contributed by atoms with Crippen LogP contribution in [0.2, 0.25) is 0 Å². The third kappa shape index (κ3) is 1.49. The predicted molar refractivity (Wildman–Crippen MR) is 66.4 cm³/mol. The number of nitrogen functional groups attached to an aromatic ring is 1. The molecule has 1 saturated carbocycles. The van der Waals surface area contributed by atoms with Crippen LogP contribution >= 0.6 is 11.8 Å². The van der Waals surface area contributed by atoms with Gasteiger partial charge in [0.2, 0.25) is 0 Å². The topological polar surface area (TPSA) is 38.0 Å². The highest BCUT2D eigenvalue weighted by molar-refractivity contribution is 7.99. The van der Waals surface area contributed by atoms with Crippen LogP contribution in [-0.4, -0.2) is 12.3 Å². The first-order valence-corrected chi connectivity index (χ1v) is 6.53. The Balaban J connectivity index is 1.91. The van der Waals surface area contributed by atoms with Crippen molar-refractivity contribution in [2.24, 2.45) is 5.41 Å². The first kappa shape index (κ1) is 9.40. The zero-order valence-corrected chi connectivity index (χ0v) is 9.57. The van der Waals surface area contributed by atoms with E-state index in [2.05, 4.69) is 11.4 Å². The van der Waals surface area contributed by atoms with E-state index in [0.717, 1.165) is 17.9 Å². The molecular weight excluding hydrogens is 204 g/mol. The third-order valence-electron chi connectivity index (χ3n) is 3.65. The summed E-state index contributed by atoms with van der Waals surface area (Å²) in [6.45, 7) is 1.10. The summed E-state index contributed by atoms with van der Waals surface area (Å²) in [5, 5.41) is 3.54. The first-order chi connectivity index (χ1) is 7.29. The molecule has 2 nitrogen and oxygen atoms in total. The standard InChI is InChI=1S/C12H16N2S/c13-9-3-1-4-10-11(9)14-7-12(8-15-10)5-2-6-12/h1,3-4,14H,2,5-8,13H2. The molecule has 2 aliphatic rings. The van der Waals surface area contributed by atoms with E-state index in [1.165, 1.54) is 29.9 Å². The molecule has 1 fully saturated rings. The summed E-state index contributed by atoms with van der Waals surface area (Å²) >= 11 is 1.96. The lowest BCUT2D eigenvalue weighted by Crippen LogP contribution is -2.37. The molecule has 3 heteroatoms. The lowest BCUT2D eigenvalue weighted by molar-refractivity contribution is 0.187. The predicted octanol–water partition coefficient (Wildman–Crippen LogP) is 2.96. The van der Waals surface area contributed by atoms with E-state index in [4.69, 9.17) is 5.73 Å². The van der Waals surface area contributed by atoms with Gasteiger partial charge >= 0.3 is 0 Å². The summed E-state index contributed by atoms with van der Waals surface area (Å²) in [6, 6.07) is 6.19. The summed E-state index contributed by atoms with van der Waals surface area (Å²) in [4.78, 5) is 1.32. The van der Waals surface area contributed by atoms with Gasteiger partial charge in [0.1, 0.15) is 0 Å². The molecule has 1 aliphatic carbocycles. The summed E-state index contributed by atoms with van der Waals surface area (Å²) in [5.74, 6) is 1.25. The molecule has 1 spiro atoms. The van der Waals surface area contributed by atoms with Gasteiger partial charge in [0.25, 0.3) is 0 Å². The SMILES string of the molecule is Nc1cccc2c1NCC1(CCC1)CS2. The molecule has 1 aromatic rings. The molecule has 1 aromatic carbocycles. The van der Waals surface area contributed by atoms with E-state index in [1.807, 2.05) is 23.9 Å². The minimum Gasteiger partial charge on any atom is -0.397 e. The van der Waals surface area contributed by atoms with Crippen LogP contribution in [0.1, 0.15) is 19.3 Å². The maximum Gasteiger partial charge on any atom is 0.0712 e. The number of para-hydroxylation sites is 1. The van der Waals surface area contributed by atoms with Gasteiger partial charge in [-0.2, -0.15) is 0 Å². The molecule has 3 N–H and O–H groups in total. The highest BCUT2D eigenvalue weighted by atomic mass is 32.2. The summed E-state index contributed by atoms with van der Waals surface area (Å²) < 4.78 is 0. The second-order valence-electron chi connectivity index (χ2n) is 4.72. The Morgan fingerprint density at radius 3 is 2.93 bits per heavy atom. The number of rotatable bonds is 0. The van der Waals surface area contributed by atoms with Crippen molar-refractivity contribution < 1.29 is 0 Å². The molecule has 0 atom stereocenters. The van der Waals surface area contributed by atoms with Gasteiger partial charge in [0.15, 0.2) is 0 Å². The van der Waals surface area contributed by atoms with Gasteiger partial charge in [-0.15, -0.1) is 11.8 Å². The molecular formula is C12H16N2S. The smallest absolute Gasteiger partial charge is 0.0712 e. The highest BCUT2D eigenvalue weighted by Crippen LogP contribution is 2.48. The number of fused-ring (bicyclic) bond motifs is 1. The fourth-order valence-corrected chi connectivity index (χ4v) is 3.77. The second kappa shape index (κ2) is 3.34. The van der Waals surface area contributed by atoms with Crippen molar-refractivity contribution in [3.63, 3.8) is 0 Å². The van der Waals surface area contributed by atoms with E-state index >= 15 is 0 Å². The van der Waals surface area contributed by atoms with Gasteiger partial charge in [0.05, 0.1) is 11.4 Å². The van der Waals surface area contributed by atoms with E-state index in [-0.39, 0.29) is 0 Å². The van der Waals surface area contributed by atoms with Gasteiger partial charge in [0, 0.05) is 17.2 Å². The van der Waals surface area contributed by atoms with Crippen LogP contribution < -0.4 is 11.1 Å². The normalized spacial score (nSPS) is 22.4. The van der Waals surface area contributed by atoms with Crippen LogP contribution in [-0.2, 0) is 0 Å². The van der Waals surface area contributed by atoms with Crippen LogP contribution in [0.3, 0.4) is 0 Å². The number of nitrogens with two attached hydrogens (primary N) is 1. The molecule has 0 saturated heterocycles. The maximum absolute atomic E-state index is 5.98. The van der Waals surface area contributed by atoms with Crippen molar-refractivity contribution in [1.82, 2.24) is 0 Å². The van der Waals surface area contributed by atoms with E-state index in [0.29, 0.717) is 5.41 Å². The van der Waals surface area contributed by atoms with E-state index < -0.39 is 0 Å². The zero-order valence-electron chi connectivity index (χ0n) is 8.75. The minimum atomic E-state index is 0.552. The summed E-state index contributed by atoms with van der Waals surface area (Å²) in [7, 11) is 0. The van der Waals surface area contributed by atoms with Crippen molar-refractivity contribution in [2.45, 2.75) is 24.2 Å². The Hall–Kier alpha value is -0.830. The lowest BCUT2D eigenvalue weighted by Gasteiger charge is -2.40. The van der Waals surface area contributed by atoms with Crippen molar-refractivity contribution >= 4 is 23.1 Å². The molecule has 1 aliphatic heterocycles. The average Bonchev–Trinajstić information content (AvgIpc) is 2.37. The maximum atomic E-state index is 5.98. The number of nitrogens with one attached hydrogen (secondary N) is 1. The van der Waals surface area contributed by atoms with Crippen LogP contribution in [0.4, 0.5) is 11.4 Å². The van der Waals surface area contributed by atoms with Crippen molar-refractivity contribution in [1.29, 1.82) is 0 Å². The van der Waals surface area contributed by atoms with Gasteiger partial charge in [-0.25, -0.2) is 0 Å². The Morgan fingerprint density at radius 2 is 2.20 bits per heavy atom. The van der Waals surface area contributed by atoms with Crippen molar-refractivity contribution in [3.8, 4) is 0 Å². The van der Waals surface area contributed by atoms with Gasteiger partial charge < -0.3 is 11.1 Å². The Bertz CT molecular complexity index is 385. The molecule has 0 radical (unpaired) electrons. The number of thioether (sulfide) groups is 1. The monoisotopic (exact) mass is 220 g/mol. The number of anilines is 2. The minimum absolute atomic E-state index is 0.552. The number of hydrogen-bond acceptors (Lipinski definition) is 3. The Labute approximate surface area is 94.6 Å². The van der Waals surface area contributed by atoms with Crippen molar-refractivity contribution in [2.75, 3.05) is 23.3 Å². The molecule has 15 heavy (non-hydrogen) atoms. The number of benzene rings is 1. The van der Waals surface area contributed by atoms with Crippen LogP contribution in [0.15, 0.2) is 23.1 Å². The summed E-state index contributed by atoms with van der Waals surface area (Å²) in [6.07, 6.45) is 4.15. The number of hydrogen-bond donors (Lipinski definition) is 2. The largest absolute Gasteiger partial charge is 0.397 e. The molecule has 80 valence electrons. The van der Waals surface area contributed by atoms with Gasteiger partial charge in [-0.3, -0.25) is 0 Å². The molecule has 3 rings (SSSR count). The Kier molecular flexibility index (Phi) is 2.09. The fraction of sp³-hybridized carbons (Fsp3) is 0.500. The van der Waals surface area contributed by atoms with Crippen LogP contribution in [0, 0.1) is 5.41 Å². The molecule has 1 heterocycles. The third-order valence-corrected chi connectivity index (χ3v) is 5.05. The first-order valence-electron chi connectivity index (χ1n) is 5.54. The summed E-state index contributed by atoms with van der Waals surface area (Å²) in [5.41, 5.74) is 8.58. The molecule has 0 bridgehead atoms. The van der Waals surface area contributed by atoms with Crippen LogP contribution in [0.25, 0.3) is 0 Å². The Morgan fingerprint density at radius 1 is 1.33 bits per heavy atom. The molecule has 0 unspecified atom stereocenters. The van der Waals surface area contributed by atoms with Gasteiger partial charge in [-0.1, -0.05) is 12.5 Å². The lowest BCUT2D eigenvalue weighted by atomic mass is 9.70. The fourth-order valence-electron chi connectivity index (χ4n) is 2.41. The second-order valence-corrected chi connectivity index (χ2v) is 5.73. The highest BCUT2D eigenvalue weighted by Gasteiger charge is 2.38. The van der Waals surface area contributed by atoms with Gasteiger partial charge in [-0.05, 0) is 30.4 Å². The molecule has 0 aromatic heterocycles. The molecule has 0 amide bonds. The van der Waals surface area contributed by atoms with Crippen molar-refractivity contribution in [3.05, 3.63) is 18.2 Å². The zero-order chi connectivity index (χ0) is 10.3. The van der Waals surface area contributed by atoms with E-state index in [1.54, 1.807) is 0 Å². The quantitative estimate of drug-likeness (QED) is 0.660. The van der Waals surface area contributed by atoms with E-state index in [9.17, 15) is 0 Å². The van der Waals surface area contributed by atoms with Crippen LogP contribution in [0.5, 0.6) is 0 Å².